The Morgan fingerprint density at radius 1 is 1.61 bits per heavy atom. The quantitative estimate of drug-likeness (QED) is 0.541. The van der Waals surface area contributed by atoms with Crippen LogP contribution in [0.5, 0.6) is 0 Å². The zero-order valence-corrected chi connectivity index (χ0v) is 12.5. The van der Waals surface area contributed by atoms with Crippen LogP contribution in [0.15, 0.2) is 0 Å². The SMILES string of the molecule is CCNC(C)(CCSCC1CCCO1)C(=O)OC. The zero-order valence-electron chi connectivity index (χ0n) is 11.7. The molecule has 0 aromatic carbocycles. The Labute approximate surface area is 114 Å². The van der Waals surface area contributed by atoms with Crippen LogP contribution in [0.25, 0.3) is 0 Å². The van der Waals surface area contributed by atoms with E-state index in [-0.39, 0.29) is 5.97 Å². The van der Waals surface area contributed by atoms with Gasteiger partial charge in [-0.25, -0.2) is 0 Å². The molecule has 1 fully saturated rings. The first-order valence-corrected chi connectivity index (χ1v) is 7.80. The molecule has 106 valence electrons. The molecular weight excluding hydrogens is 250 g/mol. The van der Waals surface area contributed by atoms with Gasteiger partial charge in [0.05, 0.1) is 13.2 Å². The first-order valence-electron chi connectivity index (χ1n) is 6.65. The van der Waals surface area contributed by atoms with Gasteiger partial charge in [0.25, 0.3) is 0 Å². The molecule has 1 saturated heterocycles. The third kappa shape index (κ3) is 4.78. The average molecular weight is 275 g/mol. The van der Waals surface area contributed by atoms with E-state index in [0.717, 1.165) is 31.1 Å². The summed E-state index contributed by atoms with van der Waals surface area (Å²) in [6.45, 7) is 5.58. The molecule has 5 heteroatoms. The molecular formula is C13H25NO3S. The minimum atomic E-state index is -0.562. The van der Waals surface area contributed by atoms with Crippen molar-refractivity contribution >= 4 is 17.7 Å². The van der Waals surface area contributed by atoms with Crippen LogP contribution in [0.2, 0.25) is 0 Å². The van der Waals surface area contributed by atoms with E-state index in [9.17, 15) is 4.79 Å². The van der Waals surface area contributed by atoms with Crippen molar-refractivity contribution in [1.82, 2.24) is 5.32 Å². The van der Waals surface area contributed by atoms with Gasteiger partial charge in [0, 0.05) is 12.4 Å². The summed E-state index contributed by atoms with van der Waals surface area (Å²) in [6.07, 6.45) is 3.56. The molecule has 0 aromatic heterocycles. The van der Waals surface area contributed by atoms with Gasteiger partial charge in [0.2, 0.25) is 0 Å². The minimum absolute atomic E-state index is 0.179. The lowest BCUT2D eigenvalue weighted by Gasteiger charge is -2.27. The lowest BCUT2D eigenvalue weighted by molar-refractivity contribution is -0.147. The van der Waals surface area contributed by atoms with Crippen molar-refractivity contribution in [1.29, 1.82) is 0 Å². The Hall–Kier alpha value is -0.260. The van der Waals surface area contributed by atoms with Gasteiger partial charge in [-0.15, -0.1) is 0 Å². The largest absolute Gasteiger partial charge is 0.468 e. The summed E-state index contributed by atoms with van der Waals surface area (Å²) in [5, 5.41) is 3.22. The molecule has 2 unspecified atom stereocenters. The molecule has 0 aromatic rings. The molecule has 4 nitrogen and oxygen atoms in total. The summed E-state index contributed by atoms with van der Waals surface area (Å²) in [5.74, 6) is 1.80. The van der Waals surface area contributed by atoms with Gasteiger partial charge in [0.1, 0.15) is 5.54 Å². The number of methoxy groups -OCH3 is 1. The van der Waals surface area contributed by atoms with Crippen LogP contribution in [0.4, 0.5) is 0 Å². The number of ether oxygens (including phenoxy) is 2. The lowest BCUT2D eigenvalue weighted by Crippen LogP contribution is -2.50. The first-order chi connectivity index (χ1) is 8.62. The molecule has 2 atom stereocenters. The Balaban J connectivity index is 2.26. The Bertz CT molecular complexity index is 257. The molecule has 0 bridgehead atoms. The van der Waals surface area contributed by atoms with Crippen molar-refractivity contribution in [3.63, 3.8) is 0 Å². The standard InChI is InChI=1S/C13H25NO3S/c1-4-14-13(2,12(15)16-3)7-9-18-10-11-6-5-8-17-11/h11,14H,4-10H2,1-3H3. The highest BCUT2D eigenvalue weighted by atomic mass is 32.2. The van der Waals surface area contributed by atoms with E-state index in [1.165, 1.54) is 20.0 Å². The van der Waals surface area contributed by atoms with E-state index in [1.807, 2.05) is 25.6 Å². The summed E-state index contributed by atoms with van der Waals surface area (Å²) in [6, 6.07) is 0. The number of likely N-dealkylation sites (N-methyl/N-ethyl adjacent to an activating group) is 1. The number of carbonyl (C=O) groups excluding carboxylic acids is 1. The highest BCUT2D eigenvalue weighted by Crippen LogP contribution is 2.20. The number of nitrogens with one attached hydrogen (secondary N) is 1. The highest BCUT2D eigenvalue weighted by Gasteiger charge is 2.32. The number of carbonyl (C=O) groups is 1. The van der Waals surface area contributed by atoms with E-state index in [4.69, 9.17) is 9.47 Å². The molecule has 18 heavy (non-hydrogen) atoms. The highest BCUT2D eigenvalue weighted by molar-refractivity contribution is 7.99. The number of hydrogen-bond acceptors (Lipinski definition) is 5. The second-order valence-corrected chi connectivity index (χ2v) is 5.96. The third-order valence-electron chi connectivity index (χ3n) is 3.28. The van der Waals surface area contributed by atoms with E-state index < -0.39 is 5.54 Å². The fraction of sp³-hybridized carbons (Fsp3) is 0.923. The summed E-state index contributed by atoms with van der Waals surface area (Å²) >= 11 is 1.86. The molecule has 1 aliphatic heterocycles. The normalized spacial score (nSPS) is 22.7. The van der Waals surface area contributed by atoms with Crippen LogP contribution in [-0.4, -0.2) is 49.4 Å². The van der Waals surface area contributed by atoms with E-state index in [1.54, 1.807) is 0 Å². The van der Waals surface area contributed by atoms with E-state index in [0.29, 0.717) is 6.10 Å². The van der Waals surface area contributed by atoms with E-state index >= 15 is 0 Å². The molecule has 1 rings (SSSR count). The van der Waals surface area contributed by atoms with Gasteiger partial charge in [-0.1, -0.05) is 6.92 Å². The molecule has 0 amide bonds. The van der Waals surface area contributed by atoms with Crippen LogP contribution in [-0.2, 0) is 14.3 Å². The van der Waals surface area contributed by atoms with Crippen molar-refractivity contribution in [2.75, 3.05) is 31.8 Å². The second-order valence-electron chi connectivity index (χ2n) is 4.81. The third-order valence-corrected chi connectivity index (χ3v) is 4.38. The van der Waals surface area contributed by atoms with Gasteiger partial charge in [0.15, 0.2) is 0 Å². The minimum Gasteiger partial charge on any atom is -0.468 e. The van der Waals surface area contributed by atoms with Gasteiger partial charge < -0.3 is 14.8 Å². The molecule has 0 radical (unpaired) electrons. The molecule has 1 N–H and O–H groups in total. The topological polar surface area (TPSA) is 47.6 Å². The second kappa shape index (κ2) is 8.02. The summed E-state index contributed by atoms with van der Waals surface area (Å²) in [7, 11) is 1.44. The Morgan fingerprint density at radius 3 is 2.94 bits per heavy atom. The van der Waals surface area contributed by atoms with Crippen molar-refractivity contribution < 1.29 is 14.3 Å². The molecule has 0 spiro atoms. The fourth-order valence-electron chi connectivity index (χ4n) is 2.14. The van der Waals surface area contributed by atoms with Crippen LogP contribution < -0.4 is 5.32 Å². The van der Waals surface area contributed by atoms with Crippen LogP contribution in [0.1, 0.15) is 33.1 Å². The number of hydrogen-bond donors (Lipinski definition) is 1. The van der Waals surface area contributed by atoms with Crippen molar-refractivity contribution in [3.05, 3.63) is 0 Å². The average Bonchev–Trinajstić information content (AvgIpc) is 2.87. The lowest BCUT2D eigenvalue weighted by atomic mass is 9.99. The van der Waals surface area contributed by atoms with Crippen molar-refractivity contribution in [2.45, 2.75) is 44.8 Å². The molecule has 0 aliphatic carbocycles. The van der Waals surface area contributed by atoms with Crippen LogP contribution in [0, 0.1) is 0 Å². The molecule has 1 aliphatic rings. The van der Waals surface area contributed by atoms with Gasteiger partial charge in [-0.3, -0.25) is 4.79 Å². The maximum atomic E-state index is 11.8. The fourth-order valence-corrected chi connectivity index (χ4v) is 3.39. The first kappa shape index (κ1) is 15.8. The Morgan fingerprint density at radius 2 is 2.39 bits per heavy atom. The monoisotopic (exact) mass is 275 g/mol. The summed E-state index contributed by atoms with van der Waals surface area (Å²) < 4.78 is 10.4. The van der Waals surface area contributed by atoms with Gasteiger partial charge >= 0.3 is 5.97 Å². The maximum Gasteiger partial charge on any atom is 0.325 e. The van der Waals surface area contributed by atoms with Crippen molar-refractivity contribution in [2.24, 2.45) is 0 Å². The van der Waals surface area contributed by atoms with Crippen LogP contribution in [0.3, 0.4) is 0 Å². The summed E-state index contributed by atoms with van der Waals surface area (Å²) in [5.41, 5.74) is -0.562. The smallest absolute Gasteiger partial charge is 0.325 e. The molecule has 0 saturated carbocycles. The number of esters is 1. The van der Waals surface area contributed by atoms with Crippen LogP contribution >= 0.6 is 11.8 Å². The van der Waals surface area contributed by atoms with E-state index in [2.05, 4.69) is 5.32 Å². The number of thioether (sulfide) groups is 1. The van der Waals surface area contributed by atoms with Gasteiger partial charge in [-0.05, 0) is 38.5 Å². The molecule has 1 heterocycles. The van der Waals surface area contributed by atoms with Gasteiger partial charge in [-0.2, -0.15) is 11.8 Å². The predicted molar refractivity (Wildman–Crippen MR) is 75.0 cm³/mol. The van der Waals surface area contributed by atoms with Crippen molar-refractivity contribution in [3.8, 4) is 0 Å². The number of rotatable bonds is 8. The predicted octanol–water partition coefficient (Wildman–Crippen LogP) is 1.83. The zero-order chi connectivity index (χ0) is 13.4. The Kier molecular flexibility index (Phi) is 7.04. The summed E-state index contributed by atoms with van der Waals surface area (Å²) in [4.78, 5) is 11.8. The maximum absolute atomic E-state index is 11.8.